The number of carbonyl (C=O) groups excluding carboxylic acids is 6. The Morgan fingerprint density at radius 2 is 1.36 bits per heavy atom. The summed E-state index contributed by atoms with van der Waals surface area (Å²) >= 11 is 5.33. The first-order valence-corrected chi connectivity index (χ1v) is 16.5. The maximum Gasteiger partial charge on any atom is 0.326 e. The van der Waals surface area contributed by atoms with Crippen molar-refractivity contribution in [3.8, 4) is 0 Å². The number of aliphatic hydroxyl groups is 1. The summed E-state index contributed by atoms with van der Waals surface area (Å²) in [7, 11) is 0. The van der Waals surface area contributed by atoms with Crippen molar-refractivity contribution in [3.63, 3.8) is 0 Å². The number of carboxylic acids is 2. The van der Waals surface area contributed by atoms with Crippen LogP contribution in [0.4, 0.5) is 0 Å². The third-order valence-electron chi connectivity index (χ3n) is 6.36. The van der Waals surface area contributed by atoms with Crippen LogP contribution in [0.1, 0.15) is 39.0 Å². The first kappa shape index (κ1) is 43.3. The molecule has 0 radical (unpaired) electrons. The Morgan fingerprint density at radius 3 is 1.89 bits per heavy atom. The fraction of sp³-hybridized carbons (Fsp3) is 0.692. The molecule has 6 amide bonds. The number of aliphatic carboxylic acids is 2. The molecule has 0 saturated heterocycles. The van der Waals surface area contributed by atoms with Crippen molar-refractivity contribution in [2.24, 2.45) is 11.5 Å². The Balaban J connectivity index is 5.32. The van der Waals surface area contributed by atoms with Crippen LogP contribution in [0.2, 0.25) is 0 Å². The van der Waals surface area contributed by atoms with Gasteiger partial charge in [0.05, 0.1) is 25.6 Å². The summed E-state index contributed by atoms with van der Waals surface area (Å²) in [5.74, 6) is -7.78. The van der Waals surface area contributed by atoms with Gasteiger partial charge >= 0.3 is 11.9 Å². The van der Waals surface area contributed by atoms with E-state index >= 15 is 0 Å². The van der Waals surface area contributed by atoms with Crippen molar-refractivity contribution < 1.29 is 53.7 Å². The van der Waals surface area contributed by atoms with Crippen LogP contribution >= 0.6 is 24.4 Å². The van der Waals surface area contributed by atoms with Crippen molar-refractivity contribution in [2.75, 3.05) is 37.5 Å². The standard InChI is InChI=1S/C26H46N8O11S2/c1-13(30-25(43)18(11-35)34-24(42)15(6-8-47-2)32-22(40)14(28)12-46)21(39)33-17(9-20(37)38)23(41)29-10-19(36)31-16(26(44)45)5-3-4-7-27/h13-18,35,46H,3-12,27-28H2,1-2H3,(H,29,41)(H,30,43)(H,31,36)(H,32,40)(H,33,39)(H,34,42)(H,37,38)(H,44,45)/t13-,14-,15-,16-,17-,18-/m0/s1. The van der Waals surface area contributed by atoms with E-state index in [1.165, 1.54) is 18.7 Å². The molecule has 0 heterocycles. The number of nitrogens with one attached hydrogen (secondary N) is 6. The third-order valence-corrected chi connectivity index (χ3v) is 7.40. The largest absolute Gasteiger partial charge is 0.481 e. The van der Waals surface area contributed by atoms with Crippen molar-refractivity contribution in [1.82, 2.24) is 31.9 Å². The number of carbonyl (C=O) groups is 8. The van der Waals surface area contributed by atoms with Gasteiger partial charge in [0.1, 0.15) is 30.2 Å². The highest BCUT2D eigenvalue weighted by Gasteiger charge is 2.31. The average molecular weight is 711 g/mol. The highest BCUT2D eigenvalue weighted by atomic mass is 32.2. The lowest BCUT2D eigenvalue weighted by Gasteiger charge is -2.24. The van der Waals surface area contributed by atoms with Crippen LogP contribution in [0.15, 0.2) is 0 Å². The molecule has 0 aliphatic rings. The van der Waals surface area contributed by atoms with Crippen molar-refractivity contribution in [2.45, 2.75) is 75.3 Å². The Labute approximate surface area is 281 Å². The number of thiol groups is 1. The van der Waals surface area contributed by atoms with Gasteiger partial charge in [-0.15, -0.1) is 0 Å². The van der Waals surface area contributed by atoms with Gasteiger partial charge in [-0.25, -0.2) is 4.79 Å². The van der Waals surface area contributed by atoms with E-state index in [1.807, 2.05) is 0 Å². The zero-order valence-corrected chi connectivity index (χ0v) is 27.9. The molecule has 0 unspecified atom stereocenters. The average Bonchev–Trinajstić information content (AvgIpc) is 3.02. The van der Waals surface area contributed by atoms with Gasteiger partial charge in [0, 0.05) is 5.75 Å². The zero-order valence-electron chi connectivity index (χ0n) is 26.2. The molecule has 0 saturated carbocycles. The van der Waals surface area contributed by atoms with Crippen LogP contribution in [-0.4, -0.2) is 136 Å². The lowest BCUT2D eigenvalue weighted by molar-refractivity contribution is -0.142. The highest BCUT2D eigenvalue weighted by molar-refractivity contribution is 7.98. The number of nitrogens with two attached hydrogens (primary N) is 2. The van der Waals surface area contributed by atoms with Crippen LogP contribution in [0, 0.1) is 0 Å². The molecule has 47 heavy (non-hydrogen) atoms. The number of unbranched alkanes of at least 4 members (excludes halogenated alkanes) is 1. The molecule has 0 rings (SSSR count). The molecule has 19 nitrogen and oxygen atoms in total. The van der Waals surface area contributed by atoms with Crippen LogP contribution in [-0.2, 0) is 38.4 Å². The number of aliphatic hydroxyl groups excluding tert-OH is 1. The molecule has 0 aromatic rings. The van der Waals surface area contributed by atoms with E-state index in [9.17, 15) is 53.7 Å². The monoisotopic (exact) mass is 710 g/mol. The molecule has 13 N–H and O–H groups in total. The van der Waals surface area contributed by atoms with Gasteiger partial charge in [0.15, 0.2) is 0 Å². The van der Waals surface area contributed by atoms with Gasteiger partial charge in [-0.05, 0) is 51.2 Å². The van der Waals surface area contributed by atoms with Gasteiger partial charge in [-0.2, -0.15) is 24.4 Å². The molecule has 0 fully saturated rings. The summed E-state index contributed by atoms with van der Waals surface area (Å²) in [6.07, 6.45) is 2.08. The topological polar surface area (TPSA) is 321 Å². The number of rotatable bonds is 24. The third kappa shape index (κ3) is 17.7. The van der Waals surface area contributed by atoms with E-state index in [2.05, 4.69) is 44.5 Å². The Bertz CT molecular complexity index is 1100. The van der Waals surface area contributed by atoms with Crippen LogP contribution in [0.25, 0.3) is 0 Å². The lowest BCUT2D eigenvalue weighted by atomic mass is 10.1. The number of thioether (sulfide) groups is 1. The SMILES string of the molecule is CSCC[C@H](NC(=O)[C@@H](N)CS)C(=O)N[C@@H](CO)C(=O)N[C@@H](C)C(=O)N[C@@H](CC(=O)O)C(=O)NCC(=O)N[C@@H](CCCCN)C(=O)O. The van der Waals surface area contributed by atoms with Gasteiger partial charge in [0.25, 0.3) is 0 Å². The van der Waals surface area contributed by atoms with E-state index in [0.29, 0.717) is 25.1 Å². The van der Waals surface area contributed by atoms with Crippen LogP contribution < -0.4 is 43.4 Å². The van der Waals surface area contributed by atoms with Crippen LogP contribution in [0.5, 0.6) is 0 Å². The van der Waals surface area contributed by atoms with E-state index in [1.54, 1.807) is 6.26 Å². The second-order valence-corrected chi connectivity index (χ2v) is 11.6. The fourth-order valence-electron chi connectivity index (χ4n) is 3.68. The molecule has 0 aliphatic heterocycles. The number of carboxylic acid groups (broad SMARTS) is 2. The quantitative estimate of drug-likeness (QED) is 0.0331. The van der Waals surface area contributed by atoms with Crippen molar-refractivity contribution >= 4 is 71.8 Å². The summed E-state index contributed by atoms with van der Waals surface area (Å²) in [4.78, 5) is 98.1. The normalized spacial score (nSPS) is 14.6. The minimum absolute atomic E-state index is 0.0117. The number of amides is 6. The second kappa shape index (κ2) is 23.6. The fourth-order valence-corrected chi connectivity index (χ4v) is 4.32. The molecule has 0 aliphatic carbocycles. The molecule has 0 aromatic heterocycles. The summed E-state index contributed by atoms with van der Waals surface area (Å²) in [6.45, 7) is -0.105. The van der Waals surface area contributed by atoms with Gasteiger partial charge in [-0.3, -0.25) is 33.6 Å². The van der Waals surface area contributed by atoms with Crippen LogP contribution in [0.3, 0.4) is 0 Å². The minimum Gasteiger partial charge on any atom is -0.481 e. The smallest absolute Gasteiger partial charge is 0.326 e. The van der Waals surface area contributed by atoms with Crippen molar-refractivity contribution in [1.29, 1.82) is 0 Å². The second-order valence-electron chi connectivity index (χ2n) is 10.2. The zero-order chi connectivity index (χ0) is 36.1. The molecule has 0 aromatic carbocycles. The van der Waals surface area contributed by atoms with E-state index in [-0.39, 0.29) is 18.6 Å². The van der Waals surface area contributed by atoms with Gasteiger partial charge < -0.3 is 58.7 Å². The van der Waals surface area contributed by atoms with E-state index in [4.69, 9.17) is 11.5 Å². The molecule has 6 atom stereocenters. The Hall–Kier alpha value is -3.66. The summed E-state index contributed by atoms with van der Waals surface area (Å²) in [5.41, 5.74) is 11.0. The highest BCUT2D eigenvalue weighted by Crippen LogP contribution is 2.04. The molecular weight excluding hydrogens is 664 g/mol. The Morgan fingerprint density at radius 1 is 0.766 bits per heavy atom. The number of hydrogen-bond acceptors (Lipinski definition) is 13. The summed E-state index contributed by atoms with van der Waals surface area (Å²) in [5, 5.41) is 41.7. The van der Waals surface area contributed by atoms with E-state index < -0.39 is 103 Å². The first-order valence-electron chi connectivity index (χ1n) is 14.5. The Kier molecular flexibility index (Phi) is 21.8. The summed E-state index contributed by atoms with van der Waals surface area (Å²) in [6, 6.07) is -8.02. The molecule has 0 bridgehead atoms. The molecule has 0 spiro atoms. The lowest BCUT2D eigenvalue weighted by Crippen LogP contribution is -2.59. The molecule has 268 valence electrons. The molecule has 21 heteroatoms. The minimum atomic E-state index is -1.70. The first-order chi connectivity index (χ1) is 22.1. The maximum atomic E-state index is 12.8. The van der Waals surface area contributed by atoms with Crippen molar-refractivity contribution in [3.05, 3.63) is 0 Å². The predicted molar refractivity (Wildman–Crippen MR) is 173 cm³/mol. The van der Waals surface area contributed by atoms with Gasteiger partial charge in [-0.1, -0.05) is 0 Å². The van der Waals surface area contributed by atoms with E-state index in [0.717, 1.165) is 0 Å². The van der Waals surface area contributed by atoms with Gasteiger partial charge in [0.2, 0.25) is 35.4 Å². The molecular formula is C26H46N8O11S2. The maximum absolute atomic E-state index is 12.8. The predicted octanol–water partition coefficient (Wildman–Crippen LogP) is -4.76. The number of hydrogen-bond donors (Lipinski definition) is 12. The summed E-state index contributed by atoms with van der Waals surface area (Å²) < 4.78 is 0.